The van der Waals surface area contributed by atoms with Gasteiger partial charge in [0.1, 0.15) is 0 Å². The fraction of sp³-hybridized carbons (Fsp3) is 0. The van der Waals surface area contributed by atoms with Crippen LogP contribution in [0.4, 0.5) is 0 Å². The molecule has 2 aliphatic carbocycles. The molecular formula is C12H10Fe+2. The Labute approximate surface area is 92.6 Å². The normalized spacial score (nSPS) is 25.5. The molecule has 0 bridgehead atoms. The monoisotopic (exact) mass is 210 g/mol. The predicted molar refractivity (Wildman–Crippen MR) is 50.0 cm³/mol. The third kappa shape index (κ3) is 3.48. The van der Waals surface area contributed by atoms with Crippen molar-refractivity contribution in [1.82, 2.24) is 0 Å². The fourth-order valence-electron chi connectivity index (χ4n) is 1.19. The second-order valence-electron chi connectivity index (χ2n) is 2.77. The van der Waals surface area contributed by atoms with Gasteiger partial charge in [-0.3, -0.25) is 0 Å². The van der Waals surface area contributed by atoms with Gasteiger partial charge in [0, 0.05) is 11.8 Å². The van der Waals surface area contributed by atoms with E-state index in [1.165, 1.54) is 11.8 Å². The maximum Gasteiger partial charge on any atom is 2.00 e. The standard InChI is InChI=1S/C12H10.Fe/c1-2-6-11(5-1)9-10-12-7-3-4-8-12;/h1-10H;/q;+2/b10-9-;. The van der Waals surface area contributed by atoms with Crippen molar-refractivity contribution in [3.05, 3.63) is 75.4 Å². The number of hydrogen-bond donors (Lipinski definition) is 0. The molecule has 1 heteroatoms. The summed E-state index contributed by atoms with van der Waals surface area (Å²) in [4.78, 5) is 0. The van der Waals surface area contributed by atoms with Gasteiger partial charge in [0.15, 0.2) is 0 Å². The molecule has 0 aliphatic heterocycles. The van der Waals surface area contributed by atoms with Crippen LogP contribution in [0.1, 0.15) is 0 Å². The Hall–Kier alpha value is 0.259. The molecule has 0 atom stereocenters. The molecule has 64 valence electrons. The van der Waals surface area contributed by atoms with Crippen LogP contribution in [0.25, 0.3) is 0 Å². The molecule has 2 saturated carbocycles. The molecular weight excluding hydrogens is 200 g/mol. The van der Waals surface area contributed by atoms with Crippen molar-refractivity contribution in [3.8, 4) is 0 Å². The Morgan fingerprint density at radius 2 is 0.923 bits per heavy atom. The second-order valence-corrected chi connectivity index (χ2v) is 2.77. The summed E-state index contributed by atoms with van der Waals surface area (Å²) in [6, 6.07) is 0. The van der Waals surface area contributed by atoms with Crippen LogP contribution in [-0.4, -0.2) is 0 Å². The molecule has 0 spiro atoms. The SMILES string of the molecule is [CH]1[CH][CH][C](/C=C\[C]2[CH][CH][CH][CH]2)[CH]1.[Fe+2]. The maximum atomic E-state index is 2.12. The summed E-state index contributed by atoms with van der Waals surface area (Å²) in [6.07, 6.45) is 20.8. The molecule has 0 aromatic rings. The van der Waals surface area contributed by atoms with Crippen molar-refractivity contribution < 1.29 is 17.1 Å². The molecule has 0 amide bonds. The fourth-order valence-corrected chi connectivity index (χ4v) is 1.19. The van der Waals surface area contributed by atoms with E-state index in [9.17, 15) is 0 Å². The molecule has 2 aliphatic rings. The molecule has 2 rings (SSSR count). The zero-order valence-corrected chi connectivity index (χ0v) is 8.23. The van der Waals surface area contributed by atoms with Crippen LogP contribution in [0.2, 0.25) is 0 Å². The van der Waals surface area contributed by atoms with E-state index < -0.39 is 0 Å². The Morgan fingerprint density at radius 1 is 0.615 bits per heavy atom. The van der Waals surface area contributed by atoms with Gasteiger partial charge in [-0.05, 0) is 51.4 Å². The third-order valence-corrected chi connectivity index (χ3v) is 1.85. The van der Waals surface area contributed by atoms with Gasteiger partial charge >= 0.3 is 17.1 Å². The van der Waals surface area contributed by atoms with Crippen LogP contribution < -0.4 is 0 Å². The van der Waals surface area contributed by atoms with Gasteiger partial charge in [0.05, 0.1) is 0 Å². The van der Waals surface area contributed by atoms with Crippen LogP contribution in [0.5, 0.6) is 0 Å². The summed E-state index contributed by atoms with van der Waals surface area (Å²) in [7, 11) is 0. The Balaban J connectivity index is 0.000000845. The van der Waals surface area contributed by atoms with E-state index in [-0.39, 0.29) is 17.1 Å². The average molecular weight is 210 g/mol. The van der Waals surface area contributed by atoms with Gasteiger partial charge < -0.3 is 0 Å². The molecule has 0 N–H and O–H groups in total. The molecule has 13 heavy (non-hydrogen) atoms. The minimum absolute atomic E-state index is 0. The second kappa shape index (κ2) is 5.88. The van der Waals surface area contributed by atoms with Gasteiger partial charge in [0.2, 0.25) is 0 Å². The zero-order valence-electron chi connectivity index (χ0n) is 7.13. The Kier molecular flexibility index (Phi) is 5.13. The number of rotatable bonds is 2. The zero-order chi connectivity index (χ0) is 8.23. The van der Waals surface area contributed by atoms with E-state index in [0.29, 0.717) is 0 Å². The summed E-state index contributed by atoms with van der Waals surface area (Å²) >= 11 is 0. The maximum absolute atomic E-state index is 2.12. The minimum atomic E-state index is 0. The Bertz CT molecular complexity index is 133. The van der Waals surface area contributed by atoms with Crippen molar-refractivity contribution in [2.24, 2.45) is 0 Å². The van der Waals surface area contributed by atoms with E-state index in [0.717, 1.165) is 0 Å². The van der Waals surface area contributed by atoms with Crippen molar-refractivity contribution >= 4 is 0 Å². The largest absolute Gasteiger partial charge is 2.00 e. The van der Waals surface area contributed by atoms with Gasteiger partial charge in [-0.25, -0.2) is 0 Å². The molecule has 0 unspecified atom stereocenters. The van der Waals surface area contributed by atoms with E-state index >= 15 is 0 Å². The first kappa shape index (κ1) is 11.3. The van der Waals surface area contributed by atoms with Crippen LogP contribution in [-0.2, 0) is 17.1 Å². The summed E-state index contributed by atoms with van der Waals surface area (Å²) < 4.78 is 0. The molecule has 10 radical (unpaired) electrons. The average Bonchev–Trinajstić information content (AvgIpc) is 2.74. The van der Waals surface area contributed by atoms with Crippen LogP contribution in [0.3, 0.4) is 0 Å². The van der Waals surface area contributed by atoms with Gasteiger partial charge in [0.25, 0.3) is 0 Å². The molecule has 0 heterocycles. The summed E-state index contributed by atoms with van der Waals surface area (Å²) in [6.45, 7) is 0. The smallest absolute Gasteiger partial charge is 0.0802 e. The van der Waals surface area contributed by atoms with Crippen molar-refractivity contribution in [3.63, 3.8) is 0 Å². The third-order valence-electron chi connectivity index (χ3n) is 1.85. The topological polar surface area (TPSA) is 0 Å². The first-order chi connectivity index (χ1) is 5.95. The van der Waals surface area contributed by atoms with Crippen molar-refractivity contribution in [2.75, 3.05) is 0 Å². The summed E-state index contributed by atoms with van der Waals surface area (Å²) in [5.41, 5.74) is 0. The Morgan fingerprint density at radius 3 is 1.23 bits per heavy atom. The van der Waals surface area contributed by atoms with Gasteiger partial charge in [-0.1, -0.05) is 12.2 Å². The van der Waals surface area contributed by atoms with E-state index in [1.54, 1.807) is 0 Å². The van der Waals surface area contributed by atoms with Gasteiger partial charge in [-0.15, -0.1) is 0 Å². The van der Waals surface area contributed by atoms with Crippen molar-refractivity contribution in [2.45, 2.75) is 0 Å². The van der Waals surface area contributed by atoms with Crippen LogP contribution in [0.15, 0.2) is 12.2 Å². The summed E-state index contributed by atoms with van der Waals surface area (Å²) in [5, 5.41) is 0. The quantitative estimate of drug-likeness (QED) is 0.613. The van der Waals surface area contributed by atoms with E-state index in [1.807, 2.05) is 25.7 Å². The van der Waals surface area contributed by atoms with Crippen LogP contribution in [0, 0.1) is 63.2 Å². The molecule has 0 aromatic carbocycles. The van der Waals surface area contributed by atoms with Crippen molar-refractivity contribution in [1.29, 1.82) is 0 Å². The first-order valence-corrected chi connectivity index (χ1v) is 4.07. The first-order valence-electron chi connectivity index (χ1n) is 4.07. The van der Waals surface area contributed by atoms with E-state index in [2.05, 4.69) is 37.8 Å². The number of hydrogen-bond acceptors (Lipinski definition) is 0. The molecule has 0 nitrogen and oxygen atoms in total. The summed E-state index contributed by atoms with van der Waals surface area (Å²) in [5.74, 6) is 2.52. The molecule has 2 fully saturated rings. The molecule has 0 aromatic heterocycles. The minimum Gasteiger partial charge on any atom is -0.0802 e. The molecule has 0 saturated heterocycles. The number of allylic oxidation sites excluding steroid dienone is 2. The van der Waals surface area contributed by atoms with Gasteiger partial charge in [-0.2, -0.15) is 0 Å². The van der Waals surface area contributed by atoms with E-state index in [4.69, 9.17) is 0 Å². The predicted octanol–water partition coefficient (Wildman–Crippen LogP) is 2.35. The van der Waals surface area contributed by atoms with Crippen LogP contribution >= 0.6 is 0 Å².